The topological polar surface area (TPSA) is 59.9 Å². The van der Waals surface area contributed by atoms with Gasteiger partial charge in [0.05, 0.1) is 17.3 Å². The summed E-state index contributed by atoms with van der Waals surface area (Å²) in [6.07, 6.45) is 0. The molecule has 25 heavy (non-hydrogen) atoms. The van der Waals surface area contributed by atoms with Gasteiger partial charge in [0.15, 0.2) is 18.1 Å². The number of amides is 1. The third-order valence-corrected chi connectivity index (χ3v) is 4.67. The lowest BCUT2D eigenvalue weighted by atomic mass is 10.1. The van der Waals surface area contributed by atoms with Gasteiger partial charge in [-0.2, -0.15) is 5.10 Å². The number of carbonyl (C=O) groups is 1. The highest BCUT2D eigenvalue weighted by Gasteiger charge is 2.13. The standard InChI is InChI=1S/C17H15Br3N2O3/c1-10(11-4-3-5-12(18)6-11)21-22-16(23)9-25-17-14(20)7-13(19)8-15(17)24-2/h3-8H,9H2,1-2H3,(H,22,23)/b21-10+. The van der Waals surface area contributed by atoms with E-state index in [4.69, 9.17) is 9.47 Å². The molecule has 0 spiro atoms. The molecule has 0 fully saturated rings. The predicted octanol–water partition coefficient (Wildman–Crippen LogP) is 4.90. The van der Waals surface area contributed by atoms with Crippen LogP contribution >= 0.6 is 47.8 Å². The van der Waals surface area contributed by atoms with Gasteiger partial charge >= 0.3 is 0 Å². The molecule has 1 N–H and O–H groups in total. The van der Waals surface area contributed by atoms with Crippen LogP contribution in [0, 0.1) is 0 Å². The second kappa shape index (κ2) is 9.35. The fraction of sp³-hybridized carbons (Fsp3) is 0.176. The van der Waals surface area contributed by atoms with Crippen LogP contribution in [-0.4, -0.2) is 25.3 Å². The van der Waals surface area contributed by atoms with Crippen molar-refractivity contribution in [1.82, 2.24) is 5.43 Å². The lowest BCUT2D eigenvalue weighted by molar-refractivity contribution is -0.123. The molecule has 8 heteroatoms. The molecule has 0 aliphatic rings. The minimum absolute atomic E-state index is 0.189. The Morgan fingerprint density at radius 3 is 2.60 bits per heavy atom. The molecule has 2 aromatic carbocycles. The summed E-state index contributed by atoms with van der Waals surface area (Å²) in [5.74, 6) is 0.600. The van der Waals surface area contributed by atoms with E-state index in [0.717, 1.165) is 14.5 Å². The van der Waals surface area contributed by atoms with Gasteiger partial charge in [-0.25, -0.2) is 5.43 Å². The van der Waals surface area contributed by atoms with Crippen molar-refractivity contribution in [3.63, 3.8) is 0 Å². The maximum atomic E-state index is 12.0. The van der Waals surface area contributed by atoms with E-state index in [0.29, 0.717) is 21.7 Å². The highest BCUT2D eigenvalue weighted by atomic mass is 79.9. The first-order chi connectivity index (χ1) is 11.9. The molecule has 2 rings (SSSR count). The van der Waals surface area contributed by atoms with Gasteiger partial charge in [0.1, 0.15) is 0 Å². The number of hydrogen-bond donors (Lipinski definition) is 1. The summed E-state index contributed by atoms with van der Waals surface area (Å²) in [6.45, 7) is 1.63. The van der Waals surface area contributed by atoms with Crippen LogP contribution in [0.3, 0.4) is 0 Å². The van der Waals surface area contributed by atoms with Crippen molar-refractivity contribution in [2.24, 2.45) is 5.10 Å². The zero-order valence-corrected chi connectivity index (χ0v) is 18.2. The number of benzene rings is 2. The molecule has 0 atom stereocenters. The van der Waals surface area contributed by atoms with Crippen LogP contribution in [0.1, 0.15) is 12.5 Å². The fourth-order valence-electron chi connectivity index (χ4n) is 1.92. The van der Waals surface area contributed by atoms with Gasteiger partial charge in [0, 0.05) is 8.95 Å². The van der Waals surface area contributed by atoms with Gasteiger partial charge in [0.2, 0.25) is 0 Å². The van der Waals surface area contributed by atoms with E-state index in [1.54, 1.807) is 6.07 Å². The highest BCUT2D eigenvalue weighted by Crippen LogP contribution is 2.38. The summed E-state index contributed by atoms with van der Waals surface area (Å²) >= 11 is 10.2. The van der Waals surface area contributed by atoms with Gasteiger partial charge in [-0.3, -0.25) is 4.79 Å². The number of nitrogens with zero attached hydrogens (tertiary/aromatic N) is 1. The summed E-state index contributed by atoms with van der Waals surface area (Å²) < 4.78 is 13.3. The summed E-state index contributed by atoms with van der Waals surface area (Å²) in [7, 11) is 1.53. The molecule has 5 nitrogen and oxygen atoms in total. The summed E-state index contributed by atoms with van der Waals surface area (Å²) in [6, 6.07) is 11.2. The van der Waals surface area contributed by atoms with E-state index < -0.39 is 0 Å². The van der Waals surface area contributed by atoms with Crippen molar-refractivity contribution in [2.45, 2.75) is 6.92 Å². The van der Waals surface area contributed by atoms with Crippen LogP contribution in [0.2, 0.25) is 0 Å². The minimum Gasteiger partial charge on any atom is -0.493 e. The van der Waals surface area contributed by atoms with Gasteiger partial charge in [-0.15, -0.1) is 0 Å². The Balaban J connectivity index is 1.98. The number of nitrogens with one attached hydrogen (secondary N) is 1. The molecule has 0 aliphatic heterocycles. The first-order valence-corrected chi connectivity index (χ1v) is 9.53. The molecule has 0 radical (unpaired) electrons. The van der Waals surface area contributed by atoms with Crippen molar-refractivity contribution < 1.29 is 14.3 Å². The monoisotopic (exact) mass is 532 g/mol. The fourth-order valence-corrected chi connectivity index (χ4v) is 3.62. The Kier molecular flexibility index (Phi) is 7.46. The number of ether oxygens (including phenoxy) is 2. The number of hydrazone groups is 1. The van der Waals surface area contributed by atoms with Crippen LogP contribution in [0.4, 0.5) is 0 Å². The molecule has 0 aliphatic carbocycles. The molecule has 0 saturated carbocycles. The largest absolute Gasteiger partial charge is 0.493 e. The van der Waals surface area contributed by atoms with E-state index in [9.17, 15) is 4.79 Å². The Labute approximate surface area is 171 Å². The first-order valence-electron chi connectivity index (χ1n) is 7.15. The van der Waals surface area contributed by atoms with Crippen LogP contribution in [-0.2, 0) is 4.79 Å². The zero-order valence-electron chi connectivity index (χ0n) is 13.5. The van der Waals surface area contributed by atoms with E-state index in [1.807, 2.05) is 37.3 Å². The average molecular weight is 535 g/mol. The van der Waals surface area contributed by atoms with Gasteiger partial charge in [-0.05, 0) is 52.7 Å². The maximum absolute atomic E-state index is 12.0. The summed E-state index contributed by atoms with van der Waals surface area (Å²) in [5, 5.41) is 4.09. The van der Waals surface area contributed by atoms with E-state index >= 15 is 0 Å². The third kappa shape index (κ3) is 5.83. The smallest absolute Gasteiger partial charge is 0.277 e. The van der Waals surface area contributed by atoms with Crippen molar-refractivity contribution >= 4 is 59.4 Å². The predicted molar refractivity (Wildman–Crippen MR) is 108 cm³/mol. The molecule has 2 aromatic rings. The molecule has 0 aromatic heterocycles. The average Bonchev–Trinajstić information content (AvgIpc) is 2.58. The first kappa shape index (κ1) is 19.9. The second-order valence-corrected chi connectivity index (χ2v) is 7.64. The van der Waals surface area contributed by atoms with Crippen molar-refractivity contribution in [3.8, 4) is 11.5 Å². The van der Waals surface area contributed by atoms with Gasteiger partial charge in [-0.1, -0.05) is 44.0 Å². The molecule has 0 unspecified atom stereocenters. The lowest BCUT2D eigenvalue weighted by Gasteiger charge is -2.12. The number of hydrogen-bond acceptors (Lipinski definition) is 4. The van der Waals surface area contributed by atoms with Crippen LogP contribution in [0.15, 0.2) is 54.9 Å². The van der Waals surface area contributed by atoms with Crippen LogP contribution in [0.5, 0.6) is 11.5 Å². The van der Waals surface area contributed by atoms with Crippen molar-refractivity contribution in [3.05, 3.63) is 55.4 Å². The molecule has 0 heterocycles. The van der Waals surface area contributed by atoms with Gasteiger partial charge in [0.25, 0.3) is 5.91 Å². The molecule has 0 saturated heterocycles. The zero-order chi connectivity index (χ0) is 18.4. The molecular formula is C17H15Br3N2O3. The summed E-state index contributed by atoms with van der Waals surface area (Å²) in [5.41, 5.74) is 4.08. The molecule has 0 bridgehead atoms. The van der Waals surface area contributed by atoms with E-state index in [1.165, 1.54) is 7.11 Å². The Morgan fingerprint density at radius 2 is 1.92 bits per heavy atom. The summed E-state index contributed by atoms with van der Waals surface area (Å²) in [4.78, 5) is 12.0. The Morgan fingerprint density at radius 1 is 1.16 bits per heavy atom. The minimum atomic E-state index is -0.369. The second-order valence-electron chi connectivity index (χ2n) is 4.95. The molecule has 132 valence electrons. The number of halogens is 3. The van der Waals surface area contributed by atoms with E-state index in [2.05, 4.69) is 58.3 Å². The van der Waals surface area contributed by atoms with Crippen LogP contribution in [0.25, 0.3) is 0 Å². The van der Waals surface area contributed by atoms with Crippen LogP contribution < -0.4 is 14.9 Å². The maximum Gasteiger partial charge on any atom is 0.277 e. The number of carbonyl (C=O) groups excluding carboxylic acids is 1. The highest BCUT2D eigenvalue weighted by molar-refractivity contribution is 9.11. The van der Waals surface area contributed by atoms with Crippen molar-refractivity contribution in [2.75, 3.05) is 13.7 Å². The molecule has 1 amide bonds. The number of rotatable bonds is 6. The van der Waals surface area contributed by atoms with Gasteiger partial charge < -0.3 is 9.47 Å². The SMILES string of the molecule is COc1cc(Br)cc(Br)c1OCC(=O)N/N=C(\C)c1cccc(Br)c1. The Hall–Kier alpha value is -1.38. The lowest BCUT2D eigenvalue weighted by Crippen LogP contribution is -2.25. The Bertz CT molecular complexity index is 810. The molecular weight excluding hydrogens is 520 g/mol. The third-order valence-electron chi connectivity index (χ3n) is 3.13. The quantitative estimate of drug-likeness (QED) is 0.423. The number of methoxy groups -OCH3 is 1. The van der Waals surface area contributed by atoms with Crippen molar-refractivity contribution in [1.29, 1.82) is 0 Å². The van der Waals surface area contributed by atoms with E-state index in [-0.39, 0.29) is 12.5 Å². The normalized spacial score (nSPS) is 11.2.